The van der Waals surface area contributed by atoms with Crippen LogP contribution in [0.2, 0.25) is 0 Å². The van der Waals surface area contributed by atoms with Gasteiger partial charge in [-0.1, -0.05) is 19.3 Å². The lowest BCUT2D eigenvalue weighted by Gasteiger charge is -2.37. The molecule has 0 N–H and O–H groups in total. The first-order valence-corrected chi connectivity index (χ1v) is 5.89. The van der Waals surface area contributed by atoms with Crippen molar-refractivity contribution in [3.8, 4) is 0 Å². The Morgan fingerprint density at radius 3 is 2.07 bits per heavy atom. The molecule has 2 aliphatic rings. The highest BCUT2D eigenvalue weighted by molar-refractivity contribution is 5.60. The van der Waals surface area contributed by atoms with Gasteiger partial charge in [0.15, 0.2) is 0 Å². The van der Waals surface area contributed by atoms with E-state index in [-0.39, 0.29) is 0 Å². The zero-order valence-electron chi connectivity index (χ0n) is 8.86. The highest BCUT2D eigenvalue weighted by atomic mass is 15.2. The zero-order valence-corrected chi connectivity index (χ0v) is 8.86. The molecule has 2 rings (SSSR count). The molecule has 0 saturated heterocycles. The molecule has 78 valence electrons. The van der Waals surface area contributed by atoms with E-state index in [1.807, 2.05) is 6.21 Å². The highest BCUT2D eigenvalue weighted by Crippen LogP contribution is 2.41. The van der Waals surface area contributed by atoms with Crippen LogP contribution < -0.4 is 0 Å². The van der Waals surface area contributed by atoms with Crippen LogP contribution in [0.15, 0.2) is 10.2 Å². The summed E-state index contributed by atoms with van der Waals surface area (Å²) in [4.78, 5) is 0. The van der Waals surface area contributed by atoms with Crippen molar-refractivity contribution in [3.63, 3.8) is 0 Å². The smallest absolute Gasteiger partial charge is 0.0300 e. The van der Waals surface area contributed by atoms with Gasteiger partial charge in [-0.15, -0.1) is 0 Å². The molecule has 0 radical (unpaired) electrons. The van der Waals surface area contributed by atoms with Gasteiger partial charge in [0.25, 0.3) is 0 Å². The third-order valence-corrected chi connectivity index (χ3v) is 3.99. The molecule has 0 unspecified atom stereocenters. The van der Waals surface area contributed by atoms with Gasteiger partial charge in [-0.05, 0) is 43.4 Å². The summed E-state index contributed by atoms with van der Waals surface area (Å²) in [7, 11) is 0. The fourth-order valence-corrected chi connectivity index (χ4v) is 2.82. The molecule has 2 nitrogen and oxygen atoms in total. The lowest BCUT2D eigenvalue weighted by Crippen LogP contribution is -2.26. The van der Waals surface area contributed by atoms with E-state index in [0.29, 0.717) is 5.92 Å². The average Bonchev–Trinajstić information content (AvgIpc) is 2.14. The minimum absolute atomic E-state index is 0.678. The van der Waals surface area contributed by atoms with E-state index in [4.69, 9.17) is 0 Å². The molecule has 0 atom stereocenters. The predicted octanol–water partition coefficient (Wildman–Crippen LogP) is 3.28. The molecule has 2 saturated carbocycles. The van der Waals surface area contributed by atoms with Gasteiger partial charge in [0.1, 0.15) is 0 Å². The number of rotatable bonds is 3. The van der Waals surface area contributed by atoms with E-state index in [9.17, 15) is 0 Å². The Morgan fingerprint density at radius 1 is 0.929 bits per heavy atom. The SMILES string of the molecule is C=N/N=C/C1CCC(C2CCC2)CC1. The minimum Gasteiger partial charge on any atom is -0.167 e. The van der Waals surface area contributed by atoms with Crippen molar-refractivity contribution in [2.75, 3.05) is 0 Å². The Balaban J connectivity index is 1.74. The normalized spacial score (nSPS) is 34.3. The molecule has 0 spiro atoms. The van der Waals surface area contributed by atoms with Crippen LogP contribution >= 0.6 is 0 Å². The standard InChI is InChI=1S/C12H20N2/c1-13-14-9-10-5-7-12(8-6-10)11-3-2-4-11/h9-12H,1-8H2/b14-9+. The summed E-state index contributed by atoms with van der Waals surface area (Å²) in [5.74, 6) is 2.78. The van der Waals surface area contributed by atoms with Crippen LogP contribution in [-0.2, 0) is 0 Å². The summed E-state index contributed by atoms with van der Waals surface area (Å²) in [6.45, 7) is 3.36. The van der Waals surface area contributed by atoms with Crippen molar-refractivity contribution < 1.29 is 0 Å². The number of hydrogen-bond acceptors (Lipinski definition) is 2. The molecule has 0 amide bonds. The Morgan fingerprint density at radius 2 is 1.57 bits per heavy atom. The molecule has 0 aromatic rings. The lowest BCUT2D eigenvalue weighted by atomic mass is 9.68. The Bertz CT molecular complexity index is 210. The van der Waals surface area contributed by atoms with Crippen LogP contribution in [0.1, 0.15) is 44.9 Å². The molecule has 0 aliphatic heterocycles. The zero-order chi connectivity index (χ0) is 9.80. The van der Waals surface area contributed by atoms with E-state index in [0.717, 1.165) is 11.8 Å². The summed E-state index contributed by atoms with van der Waals surface area (Å²) in [5, 5.41) is 7.42. The fraction of sp³-hybridized carbons (Fsp3) is 0.833. The molecule has 0 heterocycles. The molecule has 2 aliphatic carbocycles. The van der Waals surface area contributed by atoms with Gasteiger partial charge in [0.05, 0.1) is 0 Å². The summed E-state index contributed by atoms with van der Waals surface area (Å²) in [5.41, 5.74) is 0. The maximum Gasteiger partial charge on any atom is 0.0300 e. The topological polar surface area (TPSA) is 24.7 Å². The summed E-state index contributed by atoms with van der Waals surface area (Å²) >= 11 is 0. The van der Waals surface area contributed by atoms with E-state index >= 15 is 0 Å². The van der Waals surface area contributed by atoms with Crippen molar-refractivity contribution in [1.29, 1.82) is 0 Å². The van der Waals surface area contributed by atoms with Gasteiger partial charge < -0.3 is 0 Å². The van der Waals surface area contributed by atoms with Crippen LogP contribution in [0.5, 0.6) is 0 Å². The summed E-state index contributed by atoms with van der Waals surface area (Å²) < 4.78 is 0. The van der Waals surface area contributed by atoms with Crippen LogP contribution in [0, 0.1) is 17.8 Å². The Labute approximate surface area is 86.5 Å². The molecule has 0 aromatic carbocycles. The first kappa shape index (κ1) is 9.88. The van der Waals surface area contributed by atoms with Gasteiger partial charge in [-0.3, -0.25) is 0 Å². The lowest BCUT2D eigenvalue weighted by molar-refractivity contribution is 0.153. The van der Waals surface area contributed by atoms with Gasteiger partial charge in [-0.25, -0.2) is 0 Å². The van der Waals surface area contributed by atoms with Crippen molar-refractivity contribution in [2.45, 2.75) is 44.9 Å². The van der Waals surface area contributed by atoms with Gasteiger partial charge in [0.2, 0.25) is 0 Å². The van der Waals surface area contributed by atoms with E-state index in [1.165, 1.54) is 44.9 Å². The minimum atomic E-state index is 0.678. The molecule has 2 heteroatoms. The number of nitrogens with zero attached hydrogens (tertiary/aromatic N) is 2. The summed E-state index contributed by atoms with van der Waals surface area (Å²) in [6, 6.07) is 0. The van der Waals surface area contributed by atoms with Gasteiger partial charge >= 0.3 is 0 Å². The largest absolute Gasteiger partial charge is 0.167 e. The maximum absolute atomic E-state index is 3.89. The van der Waals surface area contributed by atoms with Gasteiger partial charge in [-0.2, -0.15) is 10.2 Å². The van der Waals surface area contributed by atoms with Crippen molar-refractivity contribution in [3.05, 3.63) is 0 Å². The molecular weight excluding hydrogens is 172 g/mol. The highest BCUT2D eigenvalue weighted by Gasteiger charge is 2.30. The maximum atomic E-state index is 3.89. The quantitative estimate of drug-likeness (QED) is 0.484. The molecule has 14 heavy (non-hydrogen) atoms. The van der Waals surface area contributed by atoms with E-state index in [1.54, 1.807) is 0 Å². The second-order valence-corrected chi connectivity index (χ2v) is 4.77. The second kappa shape index (κ2) is 4.72. The third-order valence-electron chi connectivity index (χ3n) is 3.99. The van der Waals surface area contributed by atoms with Crippen LogP contribution in [0.25, 0.3) is 0 Å². The fourth-order valence-electron chi connectivity index (χ4n) is 2.82. The van der Waals surface area contributed by atoms with Crippen LogP contribution in [-0.4, -0.2) is 12.9 Å². The van der Waals surface area contributed by atoms with Crippen molar-refractivity contribution >= 4 is 12.9 Å². The predicted molar refractivity (Wildman–Crippen MR) is 60.8 cm³/mol. The Kier molecular flexibility index (Phi) is 3.33. The number of hydrogen-bond donors (Lipinski definition) is 0. The Hall–Kier alpha value is -0.660. The third kappa shape index (κ3) is 2.23. The van der Waals surface area contributed by atoms with Crippen molar-refractivity contribution in [1.82, 2.24) is 0 Å². The van der Waals surface area contributed by atoms with Gasteiger partial charge in [0, 0.05) is 12.9 Å². The average molecular weight is 192 g/mol. The summed E-state index contributed by atoms with van der Waals surface area (Å²) in [6.07, 6.45) is 11.9. The van der Waals surface area contributed by atoms with E-state index in [2.05, 4.69) is 16.9 Å². The first-order valence-electron chi connectivity index (χ1n) is 5.89. The second-order valence-electron chi connectivity index (χ2n) is 4.77. The molecule has 2 fully saturated rings. The first-order chi connectivity index (χ1) is 6.90. The van der Waals surface area contributed by atoms with E-state index < -0.39 is 0 Å². The molecular formula is C12H20N2. The molecule has 0 aromatic heterocycles. The molecule has 0 bridgehead atoms. The van der Waals surface area contributed by atoms with Crippen molar-refractivity contribution in [2.24, 2.45) is 28.0 Å². The van der Waals surface area contributed by atoms with Crippen LogP contribution in [0.3, 0.4) is 0 Å². The van der Waals surface area contributed by atoms with Crippen LogP contribution in [0.4, 0.5) is 0 Å². The monoisotopic (exact) mass is 192 g/mol.